The molecule has 1 saturated carbocycles. The number of likely N-dealkylation sites (N-methyl/N-ethyl adjacent to an activating group) is 1. The maximum absolute atomic E-state index is 6.36. The van der Waals surface area contributed by atoms with Crippen LogP contribution in [0.2, 0.25) is 5.02 Å². The first-order valence-electron chi connectivity index (χ1n) is 9.82. The molecule has 150 valence electrons. The van der Waals surface area contributed by atoms with Gasteiger partial charge in [-0.3, -0.25) is 0 Å². The third kappa shape index (κ3) is 3.25. The van der Waals surface area contributed by atoms with Crippen LogP contribution < -0.4 is 20.4 Å². The summed E-state index contributed by atoms with van der Waals surface area (Å²) in [5.41, 5.74) is 2.01. The van der Waals surface area contributed by atoms with Gasteiger partial charge in [0.1, 0.15) is 11.6 Å². The zero-order chi connectivity index (χ0) is 20.0. The molecule has 1 aromatic carbocycles. The average Bonchev–Trinajstić information content (AvgIpc) is 3.18. The first kappa shape index (κ1) is 18.1. The van der Waals surface area contributed by atoms with Gasteiger partial charge in [-0.1, -0.05) is 30.3 Å². The SMILES string of the molecule is C=C1N(C)CCN1c1ccnc(NC2(C3=CN(c4ccccc4Cl)CN3)CC2)n1. The second-order valence-corrected chi connectivity index (χ2v) is 8.14. The average molecular weight is 410 g/mol. The minimum Gasteiger partial charge on any atom is -0.368 e. The van der Waals surface area contributed by atoms with Gasteiger partial charge < -0.3 is 25.3 Å². The van der Waals surface area contributed by atoms with E-state index in [1.54, 1.807) is 6.20 Å². The Balaban J connectivity index is 1.35. The molecule has 0 radical (unpaired) electrons. The van der Waals surface area contributed by atoms with E-state index in [4.69, 9.17) is 16.6 Å². The van der Waals surface area contributed by atoms with E-state index in [1.807, 2.05) is 37.4 Å². The molecule has 7 nitrogen and oxygen atoms in total. The smallest absolute Gasteiger partial charge is 0.225 e. The van der Waals surface area contributed by atoms with Crippen molar-refractivity contribution in [2.75, 3.05) is 41.9 Å². The number of aromatic nitrogens is 2. The molecule has 29 heavy (non-hydrogen) atoms. The Morgan fingerprint density at radius 1 is 1.21 bits per heavy atom. The molecule has 0 unspecified atom stereocenters. The Kier molecular flexibility index (Phi) is 4.28. The molecule has 1 aliphatic carbocycles. The standard InChI is InChI=1S/C21H24ClN7/c1-15-27(2)11-12-29(15)19-7-10-23-20(25-19)26-21(8-9-21)18-13-28(14-24-18)17-6-4-3-5-16(17)22/h3-7,10,13,24H,1,8-9,11-12,14H2,2H3,(H,23,25,26). The molecule has 0 spiro atoms. The van der Waals surface area contributed by atoms with E-state index in [-0.39, 0.29) is 5.54 Å². The van der Waals surface area contributed by atoms with Crippen LogP contribution in [-0.2, 0) is 0 Å². The Labute approximate surface area is 175 Å². The summed E-state index contributed by atoms with van der Waals surface area (Å²) in [5.74, 6) is 2.48. The minimum absolute atomic E-state index is 0.145. The highest BCUT2D eigenvalue weighted by molar-refractivity contribution is 6.33. The van der Waals surface area contributed by atoms with Crippen molar-refractivity contribution < 1.29 is 0 Å². The monoisotopic (exact) mass is 409 g/mol. The zero-order valence-corrected chi connectivity index (χ0v) is 17.2. The van der Waals surface area contributed by atoms with Crippen LogP contribution in [-0.4, -0.2) is 47.2 Å². The summed E-state index contributed by atoms with van der Waals surface area (Å²) in [4.78, 5) is 15.6. The molecule has 8 heteroatoms. The molecule has 2 aliphatic heterocycles. The van der Waals surface area contributed by atoms with Crippen molar-refractivity contribution in [1.82, 2.24) is 20.2 Å². The number of nitrogens with zero attached hydrogens (tertiary/aromatic N) is 5. The predicted octanol–water partition coefficient (Wildman–Crippen LogP) is 3.21. The molecule has 1 saturated heterocycles. The number of para-hydroxylation sites is 1. The number of anilines is 3. The van der Waals surface area contributed by atoms with Crippen molar-refractivity contribution in [1.29, 1.82) is 0 Å². The summed E-state index contributed by atoms with van der Waals surface area (Å²) in [7, 11) is 2.05. The molecule has 0 amide bonds. The quantitative estimate of drug-likeness (QED) is 0.786. The summed E-state index contributed by atoms with van der Waals surface area (Å²) in [6, 6.07) is 9.82. The van der Waals surface area contributed by atoms with E-state index in [0.717, 1.165) is 54.0 Å². The van der Waals surface area contributed by atoms with Gasteiger partial charge in [0.15, 0.2) is 0 Å². The molecule has 5 rings (SSSR count). The Hall–Kier alpha value is -2.93. The van der Waals surface area contributed by atoms with Crippen LogP contribution in [0.5, 0.6) is 0 Å². The molecular formula is C21H24ClN7. The lowest BCUT2D eigenvalue weighted by molar-refractivity contribution is 0.489. The van der Waals surface area contributed by atoms with E-state index >= 15 is 0 Å². The van der Waals surface area contributed by atoms with Crippen molar-refractivity contribution in [3.8, 4) is 0 Å². The van der Waals surface area contributed by atoms with Crippen molar-refractivity contribution in [2.24, 2.45) is 0 Å². The fraction of sp³-hybridized carbons (Fsp3) is 0.333. The van der Waals surface area contributed by atoms with Crippen LogP contribution in [0.3, 0.4) is 0 Å². The zero-order valence-electron chi connectivity index (χ0n) is 16.4. The van der Waals surface area contributed by atoms with Gasteiger partial charge in [0, 0.05) is 32.5 Å². The van der Waals surface area contributed by atoms with Crippen LogP contribution in [0.25, 0.3) is 0 Å². The van der Waals surface area contributed by atoms with Gasteiger partial charge in [0.05, 0.1) is 28.6 Å². The Morgan fingerprint density at radius 2 is 2.03 bits per heavy atom. The topological polar surface area (TPSA) is 59.6 Å². The number of hydrogen-bond donors (Lipinski definition) is 2. The second kappa shape index (κ2) is 6.84. The highest BCUT2D eigenvalue weighted by Gasteiger charge is 2.48. The van der Waals surface area contributed by atoms with Gasteiger partial charge in [-0.05, 0) is 31.0 Å². The number of hydrogen-bond acceptors (Lipinski definition) is 7. The fourth-order valence-corrected chi connectivity index (χ4v) is 4.12. The van der Waals surface area contributed by atoms with E-state index < -0.39 is 0 Å². The third-order valence-corrected chi connectivity index (χ3v) is 6.15. The summed E-state index contributed by atoms with van der Waals surface area (Å²) < 4.78 is 0. The molecule has 0 atom stereocenters. The predicted molar refractivity (Wildman–Crippen MR) is 117 cm³/mol. The number of nitrogens with one attached hydrogen (secondary N) is 2. The second-order valence-electron chi connectivity index (χ2n) is 7.73. The highest BCUT2D eigenvalue weighted by atomic mass is 35.5. The summed E-state index contributed by atoms with van der Waals surface area (Å²) in [5, 5.41) is 7.83. The summed E-state index contributed by atoms with van der Waals surface area (Å²) in [6.45, 7) is 6.68. The van der Waals surface area contributed by atoms with E-state index in [0.29, 0.717) is 12.6 Å². The van der Waals surface area contributed by atoms with Crippen LogP contribution in [0, 0.1) is 0 Å². The van der Waals surface area contributed by atoms with Crippen molar-refractivity contribution >= 4 is 29.1 Å². The molecule has 2 N–H and O–H groups in total. The van der Waals surface area contributed by atoms with Crippen LogP contribution in [0.1, 0.15) is 12.8 Å². The first-order chi connectivity index (χ1) is 14.1. The maximum atomic E-state index is 6.36. The summed E-state index contributed by atoms with van der Waals surface area (Å²) >= 11 is 6.36. The molecule has 2 fully saturated rings. The number of halogens is 1. The molecule has 3 heterocycles. The lowest BCUT2D eigenvalue weighted by Crippen LogP contribution is -2.32. The molecule has 1 aromatic heterocycles. The summed E-state index contributed by atoms with van der Waals surface area (Å²) in [6.07, 6.45) is 6.02. The van der Waals surface area contributed by atoms with E-state index in [1.165, 1.54) is 0 Å². The van der Waals surface area contributed by atoms with Gasteiger partial charge in [-0.2, -0.15) is 4.98 Å². The van der Waals surface area contributed by atoms with Crippen LogP contribution >= 0.6 is 11.6 Å². The number of rotatable bonds is 5. The molecule has 0 bridgehead atoms. The first-order valence-corrected chi connectivity index (χ1v) is 10.2. The lowest BCUT2D eigenvalue weighted by Gasteiger charge is -2.22. The molecule has 3 aliphatic rings. The number of benzene rings is 1. The maximum Gasteiger partial charge on any atom is 0.225 e. The largest absolute Gasteiger partial charge is 0.368 e. The minimum atomic E-state index is -0.145. The molecule has 2 aromatic rings. The van der Waals surface area contributed by atoms with Gasteiger partial charge in [-0.25, -0.2) is 4.98 Å². The normalized spacial score (nSPS) is 20.0. The van der Waals surface area contributed by atoms with Gasteiger partial charge in [0.2, 0.25) is 5.95 Å². The highest BCUT2D eigenvalue weighted by Crippen LogP contribution is 2.45. The van der Waals surface area contributed by atoms with Crippen LogP contribution in [0.4, 0.5) is 17.5 Å². The third-order valence-electron chi connectivity index (χ3n) is 5.83. The van der Waals surface area contributed by atoms with Crippen LogP contribution in [0.15, 0.2) is 60.8 Å². The van der Waals surface area contributed by atoms with E-state index in [9.17, 15) is 0 Å². The van der Waals surface area contributed by atoms with Gasteiger partial charge in [-0.15, -0.1) is 0 Å². The molecular weight excluding hydrogens is 386 g/mol. The fourth-order valence-electron chi connectivity index (χ4n) is 3.87. The lowest BCUT2D eigenvalue weighted by atomic mass is 10.2. The van der Waals surface area contributed by atoms with Crippen molar-refractivity contribution in [2.45, 2.75) is 18.4 Å². The Morgan fingerprint density at radius 3 is 2.76 bits per heavy atom. The Bertz CT molecular complexity index is 984. The van der Waals surface area contributed by atoms with Gasteiger partial charge >= 0.3 is 0 Å². The van der Waals surface area contributed by atoms with Crippen molar-refractivity contribution in [3.63, 3.8) is 0 Å². The van der Waals surface area contributed by atoms with E-state index in [2.05, 4.69) is 43.1 Å². The van der Waals surface area contributed by atoms with Crippen molar-refractivity contribution in [3.05, 3.63) is 65.8 Å². The van der Waals surface area contributed by atoms with Gasteiger partial charge in [0.25, 0.3) is 0 Å².